The van der Waals surface area contributed by atoms with Crippen LogP contribution in [0.1, 0.15) is 77.6 Å². The molecule has 0 aromatic rings. The van der Waals surface area contributed by atoms with Crippen LogP contribution in [0, 0.1) is 17.8 Å². The highest BCUT2D eigenvalue weighted by Gasteiger charge is 2.31. The lowest BCUT2D eigenvalue weighted by Crippen LogP contribution is -2.27. The van der Waals surface area contributed by atoms with Crippen molar-refractivity contribution in [3.05, 3.63) is 0 Å². The summed E-state index contributed by atoms with van der Waals surface area (Å²) in [6.07, 6.45) is 15.4. The summed E-state index contributed by atoms with van der Waals surface area (Å²) in [6.45, 7) is 1.98. The molecule has 3 unspecified atom stereocenters. The lowest BCUT2D eigenvalue weighted by molar-refractivity contribution is 0.101. The summed E-state index contributed by atoms with van der Waals surface area (Å²) in [4.78, 5) is 0. The van der Waals surface area contributed by atoms with Gasteiger partial charge in [0.15, 0.2) is 0 Å². The average Bonchev–Trinajstić information content (AvgIpc) is 2.55. The SMILES string of the molecule is CC(O)CC1CCCCCC1C1CCCCC1. The van der Waals surface area contributed by atoms with E-state index in [4.69, 9.17) is 0 Å². The Morgan fingerprint density at radius 3 is 2.12 bits per heavy atom. The van der Waals surface area contributed by atoms with Gasteiger partial charge in [0.2, 0.25) is 0 Å². The summed E-state index contributed by atoms with van der Waals surface area (Å²) in [7, 11) is 0. The zero-order valence-corrected chi connectivity index (χ0v) is 11.5. The number of hydrogen-bond acceptors (Lipinski definition) is 1. The van der Waals surface area contributed by atoms with Gasteiger partial charge in [0, 0.05) is 0 Å². The molecule has 3 atom stereocenters. The fourth-order valence-electron chi connectivity index (χ4n) is 4.33. The molecule has 2 fully saturated rings. The van der Waals surface area contributed by atoms with Gasteiger partial charge < -0.3 is 5.11 Å². The second-order valence-corrected chi connectivity index (χ2v) is 6.54. The van der Waals surface area contributed by atoms with Gasteiger partial charge in [-0.1, -0.05) is 57.8 Å². The molecule has 17 heavy (non-hydrogen) atoms. The van der Waals surface area contributed by atoms with Gasteiger partial charge >= 0.3 is 0 Å². The van der Waals surface area contributed by atoms with Gasteiger partial charge in [-0.25, -0.2) is 0 Å². The summed E-state index contributed by atoms with van der Waals surface area (Å²) in [6, 6.07) is 0. The van der Waals surface area contributed by atoms with Crippen molar-refractivity contribution in [1.29, 1.82) is 0 Å². The highest BCUT2D eigenvalue weighted by molar-refractivity contribution is 4.82. The third-order valence-electron chi connectivity index (χ3n) is 5.12. The second kappa shape index (κ2) is 6.78. The molecule has 0 aromatic carbocycles. The number of aliphatic hydroxyl groups excluding tert-OH is 1. The molecule has 1 nitrogen and oxygen atoms in total. The maximum absolute atomic E-state index is 9.71. The van der Waals surface area contributed by atoms with E-state index >= 15 is 0 Å². The second-order valence-electron chi connectivity index (χ2n) is 6.54. The van der Waals surface area contributed by atoms with Crippen LogP contribution in [0.2, 0.25) is 0 Å². The molecule has 0 aliphatic heterocycles. The van der Waals surface area contributed by atoms with Crippen molar-refractivity contribution in [3.63, 3.8) is 0 Å². The zero-order valence-electron chi connectivity index (χ0n) is 11.5. The Balaban J connectivity index is 1.97. The highest BCUT2D eigenvalue weighted by Crippen LogP contribution is 2.42. The summed E-state index contributed by atoms with van der Waals surface area (Å²) in [5, 5.41) is 9.71. The van der Waals surface area contributed by atoms with E-state index in [1.54, 1.807) is 0 Å². The Morgan fingerprint density at radius 2 is 1.47 bits per heavy atom. The predicted molar refractivity (Wildman–Crippen MR) is 72.9 cm³/mol. The van der Waals surface area contributed by atoms with Crippen LogP contribution in [0.5, 0.6) is 0 Å². The van der Waals surface area contributed by atoms with Gasteiger partial charge in [-0.05, 0) is 37.5 Å². The normalized spacial score (nSPS) is 34.2. The number of aliphatic hydroxyl groups is 1. The van der Waals surface area contributed by atoms with Gasteiger partial charge in [-0.15, -0.1) is 0 Å². The van der Waals surface area contributed by atoms with E-state index in [2.05, 4.69) is 0 Å². The first-order valence-corrected chi connectivity index (χ1v) is 7.95. The molecule has 0 bridgehead atoms. The first-order chi connectivity index (χ1) is 8.27. The van der Waals surface area contributed by atoms with E-state index in [1.807, 2.05) is 6.92 Å². The fraction of sp³-hybridized carbons (Fsp3) is 1.00. The minimum Gasteiger partial charge on any atom is -0.393 e. The van der Waals surface area contributed by atoms with Crippen LogP contribution in [0.3, 0.4) is 0 Å². The number of rotatable bonds is 3. The van der Waals surface area contributed by atoms with Gasteiger partial charge in [0.25, 0.3) is 0 Å². The Hall–Kier alpha value is -0.0400. The first-order valence-electron chi connectivity index (χ1n) is 7.95. The fourth-order valence-corrected chi connectivity index (χ4v) is 4.33. The van der Waals surface area contributed by atoms with Crippen molar-refractivity contribution in [3.8, 4) is 0 Å². The van der Waals surface area contributed by atoms with Gasteiger partial charge in [-0.2, -0.15) is 0 Å². The molecule has 1 heteroatoms. The maximum atomic E-state index is 9.71. The maximum Gasteiger partial charge on any atom is 0.0514 e. The largest absolute Gasteiger partial charge is 0.393 e. The van der Waals surface area contributed by atoms with Crippen LogP contribution in [-0.2, 0) is 0 Å². The van der Waals surface area contributed by atoms with Crippen LogP contribution < -0.4 is 0 Å². The average molecular weight is 238 g/mol. The first kappa shape index (κ1) is 13.4. The van der Waals surface area contributed by atoms with E-state index in [-0.39, 0.29) is 6.10 Å². The molecule has 0 radical (unpaired) electrons. The summed E-state index contributed by atoms with van der Waals surface area (Å²) >= 11 is 0. The van der Waals surface area contributed by atoms with Crippen LogP contribution in [0.25, 0.3) is 0 Å². The Labute approximate surface area is 107 Å². The molecular formula is C16H30O. The minimum atomic E-state index is -0.0933. The molecule has 0 spiro atoms. The van der Waals surface area contributed by atoms with Crippen molar-refractivity contribution in [2.24, 2.45) is 17.8 Å². The lowest BCUT2D eigenvalue weighted by Gasteiger charge is -2.35. The van der Waals surface area contributed by atoms with Crippen molar-refractivity contribution >= 4 is 0 Å². The van der Waals surface area contributed by atoms with E-state index < -0.39 is 0 Å². The topological polar surface area (TPSA) is 20.2 Å². The molecule has 0 saturated heterocycles. The minimum absolute atomic E-state index is 0.0933. The third kappa shape index (κ3) is 3.98. The monoisotopic (exact) mass is 238 g/mol. The molecule has 2 saturated carbocycles. The summed E-state index contributed by atoms with van der Waals surface area (Å²) < 4.78 is 0. The van der Waals surface area contributed by atoms with Crippen molar-refractivity contribution in [1.82, 2.24) is 0 Å². The van der Waals surface area contributed by atoms with E-state index in [9.17, 15) is 5.11 Å². The van der Waals surface area contributed by atoms with Crippen LogP contribution >= 0.6 is 0 Å². The van der Waals surface area contributed by atoms with Crippen LogP contribution in [0.4, 0.5) is 0 Å². The summed E-state index contributed by atoms with van der Waals surface area (Å²) in [5.74, 6) is 2.75. The van der Waals surface area contributed by atoms with Crippen molar-refractivity contribution < 1.29 is 5.11 Å². The highest BCUT2D eigenvalue weighted by atomic mass is 16.3. The van der Waals surface area contributed by atoms with Gasteiger partial charge in [-0.3, -0.25) is 0 Å². The van der Waals surface area contributed by atoms with E-state index in [1.165, 1.54) is 64.2 Å². The van der Waals surface area contributed by atoms with Crippen LogP contribution in [0.15, 0.2) is 0 Å². The third-order valence-corrected chi connectivity index (χ3v) is 5.12. The van der Waals surface area contributed by atoms with E-state index in [0.717, 1.165) is 24.2 Å². The molecule has 0 amide bonds. The van der Waals surface area contributed by atoms with Gasteiger partial charge in [0.1, 0.15) is 0 Å². The molecule has 2 aliphatic rings. The van der Waals surface area contributed by atoms with Crippen molar-refractivity contribution in [2.75, 3.05) is 0 Å². The molecule has 0 heterocycles. The quantitative estimate of drug-likeness (QED) is 0.716. The molecular weight excluding hydrogens is 208 g/mol. The molecule has 2 rings (SSSR count). The molecule has 0 aromatic heterocycles. The standard InChI is InChI=1S/C16H30O/c1-13(17)12-15-10-6-3-7-11-16(15)14-8-4-2-5-9-14/h13-17H,2-12H2,1H3. The van der Waals surface area contributed by atoms with E-state index in [0.29, 0.717) is 0 Å². The molecule has 100 valence electrons. The molecule has 2 aliphatic carbocycles. The Morgan fingerprint density at radius 1 is 0.882 bits per heavy atom. The smallest absolute Gasteiger partial charge is 0.0514 e. The zero-order chi connectivity index (χ0) is 12.1. The van der Waals surface area contributed by atoms with Crippen molar-refractivity contribution in [2.45, 2.75) is 83.7 Å². The molecule has 1 N–H and O–H groups in total. The number of hydrogen-bond donors (Lipinski definition) is 1. The van der Waals surface area contributed by atoms with Gasteiger partial charge in [0.05, 0.1) is 6.10 Å². The lowest BCUT2D eigenvalue weighted by atomic mass is 9.70. The van der Waals surface area contributed by atoms with Crippen LogP contribution in [-0.4, -0.2) is 11.2 Å². The Kier molecular flexibility index (Phi) is 5.34. The summed E-state index contributed by atoms with van der Waals surface area (Å²) in [5.41, 5.74) is 0. The predicted octanol–water partition coefficient (Wildman–Crippen LogP) is 4.53. The Bertz CT molecular complexity index is 206.